The fraction of sp³-hybridized carbons (Fsp3) is 0.714. The Morgan fingerprint density at radius 2 is 2.20 bits per heavy atom. The van der Waals surface area contributed by atoms with Gasteiger partial charge >= 0.3 is 0 Å². The minimum absolute atomic E-state index is 0. The average Bonchev–Trinajstić information content (AvgIpc) is 3.10. The van der Waals surface area contributed by atoms with Gasteiger partial charge < -0.3 is 11.1 Å². The summed E-state index contributed by atoms with van der Waals surface area (Å²) in [4.78, 5) is 12.2. The fourth-order valence-corrected chi connectivity index (χ4v) is 3.73. The molecule has 3 rings (SSSR count). The Morgan fingerprint density at radius 1 is 1.40 bits per heavy atom. The van der Waals surface area contributed by atoms with E-state index in [4.69, 9.17) is 5.73 Å². The van der Waals surface area contributed by atoms with Crippen LogP contribution in [0.1, 0.15) is 25.7 Å². The smallest absolute Gasteiger partial charge is 0.224 e. The Balaban J connectivity index is 0.00000147. The highest BCUT2D eigenvalue weighted by Crippen LogP contribution is 2.47. The fourth-order valence-electron chi connectivity index (χ4n) is 3.73. The average molecular weight is 299 g/mol. The Kier molecular flexibility index (Phi) is 5.05. The van der Waals surface area contributed by atoms with Crippen molar-refractivity contribution >= 4 is 18.3 Å². The lowest BCUT2D eigenvalue weighted by molar-refractivity contribution is -0.127. The topological polar surface area (TPSA) is 72.9 Å². The number of fused-ring (bicyclic) bond motifs is 2. The van der Waals surface area contributed by atoms with E-state index in [1.807, 2.05) is 16.9 Å². The Hall–Kier alpha value is -1.07. The molecule has 4 unspecified atom stereocenters. The van der Waals surface area contributed by atoms with E-state index >= 15 is 0 Å². The Bertz CT molecular complexity index is 434. The van der Waals surface area contributed by atoms with E-state index in [1.165, 1.54) is 12.8 Å². The molecule has 2 aliphatic carbocycles. The minimum Gasteiger partial charge on any atom is -0.356 e. The first-order valence-electron chi connectivity index (χ1n) is 7.26. The van der Waals surface area contributed by atoms with Crippen LogP contribution in [0.15, 0.2) is 18.5 Å². The molecule has 1 aromatic rings. The van der Waals surface area contributed by atoms with Gasteiger partial charge in [0, 0.05) is 31.5 Å². The van der Waals surface area contributed by atoms with Gasteiger partial charge in [-0.05, 0) is 43.6 Å². The number of carbonyl (C=O) groups excluding carboxylic acids is 1. The molecule has 3 N–H and O–H groups in total. The van der Waals surface area contributed by atoms with Gasteiger partial charge in [0.25, 0.3) is 0 Å². The standard InChI is InChI=1S/C14H22N4O.ClH/c15-13-11-4-3-10(9-11)12(13)14(19)16-5-1-7-18-8-2-6-17-18;/h2,6,8,10-13H,1,3-5,7,9,15H2,(H,16,19);1H. The van der Waals surface area contributed by atoms with E-state index in [2.05, 4.69) is 10.4 Å². The van der Waals surface area contributed by atoms with E-state index in [0.717, 1.165) is 19.4 Å². The first kappa shape index (κ1) is 15.3. The number of hydrogen-bond donors (Lipinski definition) is 2. The third-order valence-corrected chi connectivity index (χ3v) is 4.71. The summed E-state index contributed by atoms with van der Waals surface area (Å²) in [5, 5.41) is 7.18. The number of halogens is 1. The molecule has 0 aromatic carbocycles. The predicted molar refractivity (Wildman–Crippen MR) is 79.4 cm³/mol. The van der Waals surface area contributed by atoms with Crippen LogP contribution in [0.2, 0.25) is 0 Å². The molecular weight excluding hydrogens is 276 g/mol. The lowest BCUT2D eigenvalue weighted by atomic mass is 9.84. The number of hydrogen-bond acceptors (Lipinski definition) is 3. The van der Waals surface area contributed by atoms with Gasteiger partial charge in [-0.15, -0.1) is 12.4 Å². The highest BCUT2D eigenvalue weighted by atomic mass is 35.5. The summed E-state index contributed by atoms with van der Waals surface area (Å²) in [7, 11) is 0. The van der Waals surface area contributed by atoms with Crippen LogP contribution >= 0.6 is 12.4 Å². The van der Waals surface area contributed by atoms with Crippen molar-refractivity contribution in [2.45, 2.75) is 38.3 Å². The molecule has 112 valence electrons. The summed E-state index contributed by atoms with van der Waals surface area (Å²) in [5.41, 5.74) is 6.17. The van der Waals surface area contributed by atoms with Crippen molar-refractivity contribution in [2.75, 3.05) is 6.54 Å². The summed E-state index contributed by atoms with van der Waals surface area (Å²) in [6.45, 7) is 1.55. The summed E-state index contributed by atoms with van der Waals surface area (Å²) in [6.07, 6.45) is 8.18. The van der Waals surface area contributed by atoms with Gasteiger partial charge in [-0.25, -0.2) is 0 Å². The normalized spacial score (nSPS) is 31.1. The molecule has 20 heavy (non-hydrogen) atoms. The lowest BCUT2D eigenvalue weighted by Gasteiger charge is -2.27. The zero-order valence-corrected chi connectivity index (χ0v) is 12.4. The van der Waals surface area contributed by atoms with Gasteiger partial charge in [0.2, 0.25) is 5.91 Å². The molecule has 4 atom stereocenters. The molecule has 0 aliphatic heterocycles. The molecule has 2 fully saturated rings. The van der Waals surface area contributed by atoms with Gasteiger partial charge in [0.1, 0.15) is 0 Å². The third kappa shape index (κ3) is 2.99. The molecule has 6 heteroatoms. The van der Waals surface area contributed by atoms with Gasteiger partial charge in [-0.2, -0.15) is 5.10 Å². The predicted octanol–water partition coefficient (Wildman–Crippen LogP) is 1.18. The van der Waals surface area contributed by atoms with E-state index in [-0.39, 0.29) is 30.3 Å². The number of amides is 1. The monoisotopic (exact) mass is 298 g/mol. The van der Waals surface area contributed by atoms with Crippen LogP contribution in [-0.2, 0) is 11.3 Å². The zero-order chi connectivity index (χ0) is 13.2. The maximum absolute atomic E-state index is 12.2. The van der Waals surface area contributed by atoms with Crippen molar-refractivity contribution in [3.63, 3.8) is 0 Å². The van der Waals surface area contributed by atoms with Gasteiger partial charge in [-0.1, -0.05) is 0 Å². The Labute approximate surface area is 125 Å². The highest BCUT2D eigenvalue weighted by Gasteiger charge is 2.48. The molecule has 5 nitrogen and oxygen atoms in total. The molecule has 0 saturated heterocycles. The second-order valence-corrected chi connectivity index (χ2v) is 5.85. The number of nitrogens with zero attached hydrogens (tertiary/aromatic N) is 2. The number of carbonyl (C=O) groups is 1. The summed E-state index contributed by atoms with van der Waals surface area (Å²) < 4.78 is 1.88. The molecule has 1 aromatic heterocycles. The van der Waals surface area contributed by atoms with Crippen LogP contribution in [0.5, 0.6) is 0 Å². The molecular formula is C14H23ClN4O. The van der Waals surface area contributed by atoms with Crippen molar-refractivity contribution in [1.82, 2.24) is 15.1 Å². The molecule has 2 saturated carbocycles. The maximum Gasteiger partial charge on any atom is 0.224 e. The SMILES string of the molecule is Cl.NC1C2CCC(C2)C1C(=O)NCCCn1cccn1. The number of aryl methyl sites for hydroxylation is 1. The van der Waals surface area contributed by atoms with Crippen LogP contribution in [-0.4, -0.2) is 28.3 Å². The van der Waals surface area contributed by atoms with E-state index in [0.29, 0.717) is 18.4 Å². The maximum atomic E-state index is 12.2. The third-order valence-electron chi connectivity index (χ3n) is 4.71. The van der Waals surface area contributed by atoms with E-state index < -0.39 is 0 Å². The van der Waals surface area contributed by atoms with Crippen molar-refractivity contribution in [1.29, 1.82) is 0 Å². The van der Waals surface area contributed by atoms with Crippen LogP contribution < -0.4 is 11.1 Å². The van der Waals surface area contributed by atoms with E-state index in [9.17, 15) is 4.79 Å². The largest absolute Gasteiger partial charge is 0.356 e. The molecule has 1 amide bonds. The van der Waals surface area contributed by atoms with E-state index in [1.54, 1.807) is 6.20 Å². The molecule has 2 aliphatic rings. The summed E-state index contributed by atoms with van der Waals surface area (Å²) >= 11 is 0. The lowest BCUT2D eigenvalue weighted by Crippen LogP contribution is -2.45. The van der Waals surface area contributed by atoms with Crippen LogP contribution in [0.3, 0.4) is 0 Å². The first-order valence-corrected chi connectivity index (χ1v) is 7.26. The van der Waals surface area contributed by atoms with Crippen LogP contribution in [0.4, 0.5) is 0 Å². The summed E-state index contributed by atoms with van der Waals surface area (Å²) in [6, 6.07) is 2.00. The number of rotatable bonds is 5. The molecule has 0 radical (unpaired) electrons. The molecule has 1 heterocycles. The molecule has 0 spiro atoms. The van der Waals surface area contributed by atoms with Gasteiger partial charge in [0.15, 0.2) is 0 Å². The van der Waals surface area contributed by atoms with Crippen molar-refractivity contribution < 1.29 is 4.79 Å². The number of aromatic nitrogens is 2. The Morgan fingerprint density at radius 3 is 2.85 bits per heavy atom. The second kappa shape index (κ2) is 6.59. The quantitative estimate of drug-likeness (QED) is 0.802. The highest BCUT2D eigenvalue weighted by molar-refractivity contribution is 5.85. The van der Waals surface area contributed by atoms with Crippen LogP contribution in [0, 0.1) is 17.8 Å². The second-order valence-electron chi connectivity index (χ2n) is 5.85. The number of nitrogens with one attached hydrogen (secondary N) is 1. The van der Waals surface area contributed by atoms with Gasteiger partial charge in [0.05, 0.1) is 5.92 Å². The van der Waals surface area contributed by atoms with Crippen molar-refractivity contribution in [3.05, 3.63) is 18.5 Å². The number of nitrogens with two attached hydrogens (primary N) is 1. The zero-order valence-electron chi connectivity index (χ0n) is 11.6. The minimum atomic E-state index is 0. The molecule has 2 bridgehead atoms. The van der Waals surface area contributed by atoms with Crippen LogP contribution in [0.25, 0.3) is 0 Å². The van der Waals surface area contributed by atoms with Crippen molar-refractivity contribution in [2.24, 2.45) is 23.5 Å². The van der Waals surface area contributed by atoms with Crippen molar-refractivity contribution in [3.8, 4) is 0 Å². The first-order chi connectivity index (χ1) is 9.25. The van der Waals surface area contributed by atoms with Gasteiger partial charge in [-0.3, -0.25) is 9.48 Å². The summed E-state index contributed by atoms with van der Waals surface area (Å²) in [5.74, 6) is 1.35.